The topological polar surface area (TPSA) is 47.3 Å². The number of rotatable bonds is 6. The maximum absolute atomic E-state index is 5.33. The lowest BCUT2D eigenvalue weighted by Gasteiger charge is -2.08. The molecule has 0 aromatic carbocycles. The summed E-state index contributed by atoms with van der Waals surface area (Å²) in [5.74, 6) is 1.42. The van der Waals surface area contributed by atoms with Gasteiger partial charge in [-0.3, -0.25) is 0 Å². The molecule has 0 radical (unpaired) electrons. The third-order valence-corrected chi connectivity index (χ3v) is 2.05. The normalized spacial score (nSPS) is 13.1. The number of hydrogen-bond acceptors (Lipinski definition) is 4. The highest BCUT2D eigenvalue weighted by Gasteiger charge is 2.11. The molecule has 0 spiro atoms. The highest BCUT2D eigenvalue weighted by Crippen LogP contribution is 2.12. The van der Waals surface area contributed by atoms with Crippen LogP contribution in [0.2, 0.25) is 0 Å². The van der Waals surface area contributed by atoms with E-state index in [2.05, 4.69) is 17.2 Å². The number of ether oxygens (including phenoxy) is 1. The fraction of sp³-hybridized carbons (Fsp3) is 0.700. The Morgan fingerprint density at radius 2 is 2.43 bits per heavy atom. The number of nitrogens with zero attached hydrogens (tertiary/aromatic N) is 1. The van der Waals surface area contributed by atoms with E-state index in [9.17, 15) is 0 Å². The predicted molar refractivity (Wildman–Crippen MR) is 54.0 cm³/mol. The summed E-state index contributed by atoms with van der Waals surface area (Å²) in [6.45, 7) is 3.64. The van der Waals surface area contributed by atoms with Crippen molar-refractivity contribution in [1.29, 1.82) is 0 Å². The molecule has 1 N–H and O–H groups in total. The van der Waals surface area contributed by atoms with Gasteiger partial charge in [-0.05, 0) is 13.0 Å². The van der Waals surface area contributed by atoms with E-state index in [1.165, 1.54) is 6.39 Å². The van der Waals surface area contributed by atoms with Gasteiger partial charge in [0.2, 0.25) is 0 Å². The van der Waals surface area contributed by atoms with Gasteiger partial charge in [0.05, 0.1) is 5.69 Å². The lowest BCUT2D eigenvalue weighted by molar-refractivity contribution is 0.156. The zero-order chi connectivity index (χ0) is 10.4. The third-order valence-electron chi connectivity index (χ3n) is 2.05. The van der Waals surface area contributed by atoms with Crippen LogP contribution < -0.4 is 5.32 Å². The highest BCUT2D eigenvalue weighted by atomic mass is 16.5. The Morgan fingerprint density at radius 1 is 1.64 bits per heavy atom. The molecule has 0 saturated carbocycles. The summed E-state index contributed by atoms with van der Waals surface area (Å²) in [7, 11) is 3.61. The third kappa shape index (κ3) is 3.12. The second kappa shape index (κ2) is 5.78. The molecule has 1 atom stereocenters. The van der Waals surface area contributed by atoms with Crippen LogP contribution in [0.3, 0.4) is 0 Å². The van der Waals surface area contributed by atoms with Crippen LogP contribution in [0.5, 0.6) is 0 Å². The van der Waals surface area contributed by atoms with E-state index in [1.54, 1.807) is 7.11 Å². The van der Waals surface area contributed by atoms with Gasteiger partial charge >= 0.3 is 0 Å². The maximum Gasteiger partial charge on any atom is 0.181 e. The van der Waals surface area contributed by atoms with E-state index in [0.717, 1.165) is 31.0 Å². The first kappa shape index (κ1) is 11.2. The second-order valence-electron chi connectivity index (χ2n) is 3.52. The minimum atomic E-state index is 0.462. The quantitative estimate of drug-likeness (QED) is 0.746. The van der Waals surface area contributed by atoms with E-state index in [0.29, 0.717) is 5.92 Å². The molecule has 4 heteroatoms. The molecule has 0 bridgehead atoms. The van der Waals surface area contributed by atoms with Crippen molar-refractivity contribution in [2.45, 2.75) is 19.9 Å². The van der Waals surface area contributed by atoms with E-state index >= 15 is 0 Å². The van der Waals surface area contributed by atoms with Crippen molar-refractivity contribution in [3.8, 4) is 0 Å². The maximum atomic E-state index is 5.33. The lowest BCUT2D eigenvalue weighted by Crippen LogP contribution is -2.11. The van der Waals surface area contributed by atoms with Crippen LogP contribution in [0.1, 0.15) is 18.4 Å². The minimum absolute atomic E-state index is 0.462. The molecule has 14 heavy (non-hydrogen) atoms. The van der Waals surface area contributed by atoms with Crippen molar-refractivity contribution in [2.24, 2.45) is 5.92 Å². The van der Waals surface area contributed by atoms with Crippen molar-refractivity contribution in [3.63, 3.8) is 0 Å². The van der Waals surface area contributed by atoms with Gasteiger partial charge in [0.25, 0.3) is 0 Å². The van der Waals surface area contributed by atoms with Crippen molar-refractivity contribution in [1.82, 2.24) is 10.3 Å². The fourth-order valence-corrected chi connectivity index (χ4v) is 1.43. The lowest BCUT2D eigenvalue weighted by atomic mass is 10.1. The van der Waals surface area contributed by atoms with E-state index in [4.69, 9.17) is 9.15 Å². The van der Waals surface area contributed by atoms with E-state index in [-0.39, 0.29) is 0 Å². The molecule has 1 heterocycles. The predicted octanol–water partition coefficient (Wildman–Crippen LogP) is 1.22. The van der Waals surface area contributed by atoms with Gasteiger partial charge in [0, 0.05) is 26.7 Å². The molecule has 0 aliphatic rings. The number of aromatic nitrogens is 1. The van der Waals surface area contributed by atoms with Crippen molar-refractivity contribution in [2.75, 3.05) is 20.8 Å². The zero-order valence-corrected chi connectivity index (χ0v) is 9.04. The van der Waals surface area contributed by atoms with Crippen LogP contribution in [0.25, 0.3) is 0 Å². The van der Waals surface area contributed by atoms with Crippen LogP contribution in [0, 0.1) is 5.92 Å². The van der Waals surface area contributed by atoms with E-state index in [1.807, 2.05) is 7.05 Å². The Hall–Kier alpha value is -0.870. The number of methoxy groups -OCH3 is 1. The molecule has 80 valence electrons. The van der Waals surface area contributed by atoms with Crippen molar-refractivity contribution < 1.29 is 9.15 Å². The Bertz CT molecular complexity index is 260. The average Bonchev–Trinajstić information content (AvgIpc) is 2.54. The Morgan fingerprint density at radius 3 is 3.07 bits per heavy atom. The Kier molecular flexibility index (Phi) is 4.62. The first-order valence-corrected chi connectivity index (χ1v) is 4.82. The van der Waals surface area contributed by atoms with Gasteiger partial charge in [-0.15, -0.1) is 0 Å². The van der Waals surface area contributed by atoms with Crippen LogP contribution in [-0.2, 0) is 17.7 Å². The molecule has 1 unspecified atom stereocenters. The molecule has 1 aromatic rings. The fourth-order valence-electron chi connectivity index (χ4n) is 1.43. The zero-order valence-electron chi connectivity index (χ0n) is 9.04. The van der Waals surface area contributed by atoms with Crippen molar-refractivity contribution >= 4 is 0 Å². The van der Waals surface area contributed by atoms with Crippen LogP contribution in [0.4, 0.5) is 0 Å². The monoisotopic (exact) mass is 198 g/mol. The molecule has 0 amide bonds. The summed E-state index contributed by atoms with van der Waals surface area (Å²) in [6, 6.07) is 0. The molecule has 0 fully saturated rings. The Labute approximate surface area is 84.7 Å². The van der Waals surface area contributed by atoms with Gasteiger partial charge in [-0.2, -0.15) is 0 Å². The standard InChI is InChI=1S/C10H18N2O2/c1-8(6-13-3)4-10-9(5-11-2)12-7-14-10/h7-8,11H,4-6H2,1-3H3. The molecule has 0 aliphatic carbocycles. The van der Waals surface area contributed by atoms with Crippen molar-refractivity contribution in [3.05, 3.63) is 17.8 Å². The average molecular weight is 198 g/mol. The van der Waals surface area contributed by atoms with Crippen LogP contribution >= 0.6 is 0 Å². The number of hydrogen-bond donors (Lipinski definition) is 1. The SMILES string of the molecule is CNCc1ncoc1CC(C)COC. The smallest absolute Gasteiger partial charge is 0.181 e. The van der Waals surface area contributed by atoms with Gasteiger partial charge in [-0.1, -0.05) is 6.92 Å². The summed E-state index contributed by atoms with van der Waals surface area (Å²) in [4.78, 5) is 4.15. The summed E-state index contributed by atoms with van der Waals surface area (Å²) in [6.07, 6.45) is 2.38. The summed E-state index contributed by atoms with van der Waals surface area (Å²) >= 11 is 0. The van der Waals surface area contributed by atoms with Gasteiger partial charge < -0.3 is 14.5 Å². The highest BCUT2D eigenvalue weighted by molar-refractivity contribution is 5.07. The molecular weight excluding hydrogens is 180 g/mol. The second-order valence-corrected chi connectivity index (χ2v) is 3.52. The molecule has 0 aliphatic heterocycles. The molecular formula is C10H18N2O2. The minimum Gasteiger partial charge on any atom is -0.448 e. The number of nitrogens with one attached hydrogen (secondary N) is 1. The summed E-state index contributed by atoms with van der Waals surface area (Å²) < 4.78 is 10.4. The summed E-state index contributed by atoms with van der Waals surface area (Å²) in [5.41, 5.74) is 0.996. The van der Waals surface area contributed by atoms with Crippen LogP contribution in [0.15, 0.2) is 10.8 Å². The first-order chi connectivity index (χ1) is 6.77. The molecule has 1 rings (SSSR count). The number of oxazole rings is 1. The first-order valence-electron chi connectivity index (χ1n) is 4.82. The molecule has 4 nitrogen and oxygen atoms in total. The van der Waals surface area contributed by atoms with E-state index < -0.39 is 0 Å². The van der Waals surface area contributed by atoms with Crippen LogP contribution in [-0.4, -0.2) is 25.7 Å². The largest absolute Gasteiger partial charge is 0.448 e. The molecule has 1 aromatic heterocycles. The Balaban J connectivity index is 2.52. The van der Waals surface area contributed by atoms with Gasteiger partial charge in [0.1, 0.15) is 5.76 Å². The summed E-state index contributed by atoms with van der Waals surface area (Å²) in [5, 5.41) is 3.06. The molecule has 0 saturated heterocycles. The van der Waals surface area contributed by atoms with Gasteiger partial charge in [-0.25, -0.2) is 4.98 Å². The van der Waals surface area contributed by atoms with Gasteiger partial charge in [0.15, 0.2) is 6.39 Å².